The molecule has 1 heterocycles. The summed E-state index contributed by atoms with van der Waals surface area (Å²) in [5.41, 5.74) is 5.50. The number of aryl methyl sites for hydroxylation is 1. The third-order valence-corrected chi connectivity index (χ3v) is 7.78. The predicted molar refractivity (Wildman–Crippen MR) is 177 cm³/mol. The van der Waals surface area contributed by atoms with Gasteiger partial charge in [-0.05, 0) is 97.7 Å². The number of imidazole rings is 1. The fourth-order valence-electron chi connectivity index (χ4n) is 5.19. The van der Waals surface area contributed by atoms with E-state index >= 15 is 0 Å². The Labute approximate surface area is 256 Å². The number of nitrogens with zero attached hydrogens (tertiary/aromatic N) is 3. The van der Waals surface area contributed by atoms with Crippen LogP contribution in [0.1, 0.15) is 45.9 Å². The Morgan fingerprint density at radius 2 is 1.26 bits per heavy atom. The van der Waals surface area contributed by atoms with Crippen molar-refractivity contribution in [1.29, 1.82) is 0 Å². The van der Waals surface area contributed by atoms with E-state index in [1.54, 1.807) is 0 Å². The van der Waals surface area contributed by atoms with Crippen LogP contribution in [0.25, 0.3) is 28.1 Å². The third-order valence-electron chi connectivity index (χ3n) is 7.78. The molecule has 5 rings (SSSR count). The molecule has 1 aromatic heterocycles. The molecule has 4 aromatic carbocycles. The second kappa shape index (κ2) is 15.2. The van der Waals surface area contributed by atoms with E-state index in [-0.39, 0.29) is 0 Å². The van der Waals surface area contributed by atoms with E-state index in [1.165, 1.54) is 11.1 Å². The van der Waals surface area contributed by atoms with Crippen molar-refractivity contribution < 1.29 is 9.47 Å². The van der Waals surface area contributed by atoms with Gasteiger partial charge < -0.3 is 18.9 Å². The topological polar surface area (TPSA) is 39.5 Å². The number of aromatic nitrogens is 2. The lowest BCUT2D eigenvalue weighted by atomic mass is 10.1. The van der Waals surface area contributed by atoms with Gasteiger partial charge in [0.05, 0.1) is 12.3 Å². The average molecular weight is 574 g/mol. The maximum atomic E-state index is 6.16. The quantitative estimate of drug-likeness (QED) is 0.117. The molecule has 0 N–H and O–H groups in total. The van der Waals surface area contributed by atoms with Gasteiger partial charge in [0.25, 0.3) is 0 Å². The highest BCUT2D eigenvalue weighted by atomic mass is 16.5. The summed E-state index contributed by atoms with van der Waals surface area (Å²) in [5, 5.41) is 0. The minimum atomic E-state index is 0.727. The van der Waals surface area contributed by atoms with Crippen molar-refractivity contribution in [2.75, 3.05) is 26.2 Å². The molecular weight excluding hydrogens is 530 g/mol. The summed E-state index contributed by atoms with van der Waals surface area (Å²) >= 11 is 0. The summed E-state index contributed by atoms with van der Waals surface area (Å²) in [5.74, 6) is 3.59. The standard InChI is InChI=1S/C38H43N3O2/c1-4-7-14-38-39-37(32-17-21-34(22-18-32)42-28-11-27-40(5-2)6-3)29-41(38)33-19-25-36(26-20-33)43-35-23-15-31(16-24-35)30-12-9-8-10-13-30/h8-10,12-13,15-26,29H,4-7,11,14,27-28H2,1-3H3. The van der Waals surface area contributed by atoms with E-state index in [4.69, 9.17) is 14.5 Å². The monoisotopic (exact) mass is 573 g/mol. The molecular formula is C38H43N3O2. The molecule has 0 bridgehead atoms. The number of rotatable bonds is 15. The first-order valence-electron chi connectivity index (χ1n) is 15.6. The van der Waals surface area contributed by atoms with Crippen molar-refractivity contribution in [3.05, 3.63) is 115 Å². The van der Waals surface area contributed by atoms with Crippen molar-refractivity contribution in [1.82, 2.24) is 14.5 Å². The summed E-state index contributed by atoms with van der Waals surface area (Å²) in [7, 11) is 0. The minimum absolute atomic E-state index is 0.727. The van der Waals surface area contributed by atoms with Gasteiger partial charge in [0.1, 0.15) is 23.1 Å². The average Bonchev–Trinajstić information content (AvgIpc) is 3.49. The zero-order chi connectivity index (χ0) is 29.9. The first kappa shape index (κ1) is 30.1. The van der Waals surface area contributed by atoms with Crippen molar-refractivity contribution >= 4 is 0 Å². The van der Waals surface area contributed by atoms with Gasteiger partial charge in [0, 0.05) is 30.4 Å². The van der Waals surface area contributed by atoms with Crippen LogP contribution in [0, 0.1) is 0 Å². The van der Waals surface area contributed by atoms with Gasteiger partial charge in [-0.25, -0.2) is 4.98 Å². The first-order chi connectivity index (χ1) is 21.2. The van der Waals surface area contributed by atoms with E-state index in [9.17, 15) is 0 Å². The lowest BCUT2D eigenvalue weighted by Gasteiger charge is -2.17. The highest BCUT2D eigenvalue weighted by Gasteiger charge is 2.12. The maximum absolute atomic E-state index is 6.16. The van der Waals surface area contributed by atoms with Crippen LogP contribution in [0.2, 0.25) is 0 Å². The van der Waals surface area contributed by atoms with Crippen LogP contribution in [0.4, 0.5) is 0 Å². The summed E-state index contributed by atoms with van der Waals surface area (Å²) in [6.45, 7) is 10.6. The molecule has 5 aromatic rings. The van der Waals surface area contributed by atoms with Crippen LogP contribution in [0.3, 0.4) is 0 Å². The Balaban J connectivity index is 1.25. The van der Waals surface area contributed by atoms with Crippen molar-refractivity contribution in [2.45, 2.75) is 46.5 Å². The van der Waals surface area contributed by atoms with Gasteiger partial charge in [0.2, 0.25) is 0 Å². The van der Waals surface area contributed by atoms with Gasteiger partial charge in [-0.15, -0.1) is 0 Å². The number of hydrogen-bond donors (Lipinski definition) is 0. The molecule has 0 aliphatic carbocycles. The van der Waals surface area contributed by atoms with Gasteiger partial charge in [0.15, 0.2) is 0 Å². The molecule has 0 radical (unpaired) electrons. The predicted octanol–water partition coefficient (Wildman–Crippen LogP) is 9.45. The first-order valence-corrected chi connectivity index (χ1v) is 15.6. The number of hydrogen-bond acceptors (Lipinski definition) is 4. The Hall–Kier alpha value is -4.35. The normalized spacial score (nSPS) is 11.2. The molecule has 0 atom stereocenters. The smallest absolute Gasteiger partial charge is 0.127 e. The van der Waals surface area contributed by atoms with E-state index in [1.807, 2.05) is 30.3 Å². The largest absolute Gasteiger partial charge is 0.494 e. The molecule has 0 unspecified atom stereocenters. The van der Waals surface area contributed by atoms with Crippen molar-refractivity contribution in [2.24, 2.45) is 0 Å². The zero-order valence-electron chi connectivity index (χ0n) is 25.7. The Morgan fingerprint density at radius 1 is 0.651 bits per heavy atom. The molecule has 43 heavy (non-hydrogen) atoms. The van der Waals surface area contributed by atoms with Crippen LogP contribution >= 0.6 is 0 Å². The molecule has 0 aliphatic rings. The molecule has 0 fully saturated rings. The van der Waals surface area contributed by atoms with Gasteiger partial charge in [-0.2, -0.15) is 0 Å². The van der Waals surface area contributed by atoms with Crippen LogP contribution in [-0.4, -0.2) is 40.7 Å². The van der Waals surface area contributed by atoms with Crippen LogP contribution in [0.15, 0.2) is 109 Å². The van der Waals surface area contributed by atoms with E-state index in [0.29, 0.717) is 0 Å². The zero-order valence-corrected chi connectivity index (χ0v) is 25.7. The molecule has 0 spiro atoms. The summed E-state index contributed by atoms with van der Waals surface area (Å²) < 4.78 is 14.4. The third kappa shape index (κ3) is 8.14. The Kier molecular flexibility index (Phi) is 10.7. The van der Waals surface area contributed by atoms with Gasteiger partial charge in [-0.3, -0.25) is 0 Å². The van der Waals surface area contributed by atoms with Crippen LogP contribution in [-0.2, 0) is 6.42 Å². The number of benzene rings is 4. The molecule has 0 amide bonds. The molecule has 0 saturated heterocycles. The lowest BCUT2D eigenvalue weighted by molar-refractivity contribution is 0.249. The van der Waals surface area contributed by atoms with E-state index in [2.05, 4.69) is 109 Å². The summed E-state index contributed by atoms with van der Waals surface area (Å²) in [6, 6.07) is 35.2. The lowest BCUT2D eigenvalue weighted by Crippen LogP contribution is -2.25. The molecule has 0 aliphatic heterocycles. The highest BCUT2D eigenvalue weighted by molar-refractivity contribution is 5.64. The maximum Gasteiger partial charge on any atom is 0.127 e. The summed E-state index contributed by atoms with van der Waals surface area (Å²) in [4.78, 5) is 7.47. The van der Waals surface area contributed by atoms with E-state index < -0.39 is 0 Å². The second-order valence-electron chi connectivity index (χ2n) is 10.8. The number of ether oxygens (including phenoxy) is 2. The van der Waals surface area contributed by atoms with Crippen molar-refractivity contribution in [3.63, 3.8) is 0 Å². The molecule has 5 heteroatoms. The fourth-order valence-corrected chi connectivity index (χ4v) is 5.19. The highest BCUT2D eigenvalue weighted by Crippen LogP contribution is 2.28. The second-order valence-corrected chi connectivity index (χ2v) is 10.8. The Morgan fingerprint density at radius 3 is 1.91 bits per heavy atom. The van der Waals surface area contributed by atoms with Crippen molar-refractivity contribution in [3.8, 4) is 45.3 Å². The van der Waals surface area contributed by atoms with Gasteiger partial charge >= 0.3 is 0 Å². The number of unbranched alkanes of at least 4 members (excludes halogenated alkanes) is 1. The molecule has 0 saturated carbocycles. The molecule has 5 nitrogen and oxygen atoms in total. The Bertz CT molecular complexity index is 1520. The fraction of sp³-hybridized carbons (Fsp3) is 0.289. The minimum Gasteiger partial charge on any atom is -0.494 e. The SMILES string of the molecule is CCCCc1nc(-c2ccc(OCCCN(CC)CC)cc2)cn1-c1ccc(Oc2ccc(-c3ccccc3)cc2)cc1. The van der Waals surface area contributed by atoms with Crippen LogP contribution < -0.4 is 9.47 Å². The van der Waals surface area contributed by atoms with Crippen LogP contribution in [0.5, 0.6) is 17.2 Å². The summed E-state index contributed by atoms with van der Waals surface area (Å²) in [6.07, 6.45) is 6.31. The van der Waals surface area contributed by atoms with E-state index in [0.717, 1.165) is 91.9 Å². The molecule has 222 valence electrons. The van der Waals surface area contributed by atoms with Gasteiger partial charge in [-0.1, -0.05) is 69.7 Å².